The number of halogens is 1. The van der Waals surface area contributed by atoms with E-state index in [1.54, 1.807) is 12.1 Å². The zero-order chi connectivity index (χ0) is 13.1. The minimum absolute atomic E-state index is 0.0266. The van der Waals surface area contributed by atoms with E-state index in [9.17, 15) is 13.2 Å². The van der Waals surface area contributed by atoms with E-state index in [1.165, 1.54) is 12.1 Å². The van der Waals surface area contributed by atoms with Crippen molar-refractivity contribution in [2.45, 2.75) is 10.3 Å². The Morgan fingerprint density at radius 1 is 1.47 bits per heavy atom. The average Bonchev–Trinajstić information content (AvgIpc) is 2.27. The fraction of sp³-hybridized carbons (Fsp3) is 0.200. The molecule has 1 aromatic rings. The zero-order valence-corrected chi connectivity index (χ0v) is 10.6. The van der Waals surface area contributed by atoms with Gasteiger partial charge in [0.1, 0.15) is 5.38 Å². The molecule has 1 atom stereocenters. The van der Waals surface area contributed by atoms with Crippen molar-refractivity contribution in [2.75, 3.05) is 6.26 Å². The van der Waals surface area contributed by atoms with E-state index in [4.69, 9.17) is 17.4 Å². The first-order valence-electron chi connectivity index (χ1n) is 4.58. The molecule has 0 aromatic heterocycles. The van der Waals surface area contributed by atoms with Crippen LogP contribution in [0.3, 0.4) is 0 Å². The van der Waals surface area contributed by atoms with Gasteiger partial charge in [0.2, 0.25) is 0 Å². The number of nitrogens with zero attached hydrogens (tertiary/aromatic N) is 1. The van der Waals surface area contributed by atoms with Crippen molar-refractivity contribution in [3.8, 4) is 0 Å². The van der Waals surface area contributed by atoms with E-state index in [0.29, 0.717) is 0 Å². The van der Waals surface area contributed by atoms with Crippen LogP contribution in [0.15, 0.2) is 34.3 Å². The molecule has 1 rings (SSSR count). The fourth-order valence-corrected chi connectivity index (χ4v) is 2.57. The number of hydrogen-bond acceptors (Lipinski definition) is 5. The van der Waals surface area contributed by atoms with Gasteiger partial charge in [0, 0.05) is 6.26 Å². The van der Waals surface area contributed by atoms with E-state index in [-0.39, 0.29) is 10.5 Å². The Hall–Kier alpha value is -1.40. The molecule has 1 unspecified atom stereocenters. The fourth-order valence-electron chi connectivity index (χ4n) is 1.32. The Balaban J connectivity index is 3.28. The van der Waals surface area contributed by atoms with Crippen molar-refractivity contribution < 1.29 is 13.2 Å². The van der Waals surface area contributed by atoms with Gasteiger partial charge in [0.05, 0.1) is 11.1 Å². The number of hydrogen-bond donors (Lipinski definition) is 1. The molecular weight excluding hydrogens is 264 g/mol. The predicted molar refractivity (Wildman–Crippen MR) is 65.8 cm³/mol. The monoisotopic (exact) mass is 274 g/mol. The van der Waals surface area contributed by atoms with Crippen LogP contribution in [0, 0.1) is 0 Å². The van der Waals surface area contributed by atoms with Gasteiger partial charge in [-0.3, -0.25) is 4.79 Å². The van der Waals surface area contributed by atoms with Crippen LogP contribution in [0.1, 0.15) is 10.9 Å². The first-order valence-corrected chi connectivity index (χ1v) is 6.91. The van der Waals surface area contributed by atoms with Crippen molar-refractivity contribution in [1.29, 1.82) is 0 Å². The Morgan fingerprint density at radius 3 is 2.59 bits per heavy atom. The lowest BCUT2D eigenvalue weighted by atomic mass is 10.1. The van der Waals surface area contributed by atoms with Crippen LogP contribution in [-0.2, 0) is 14.6 Å². The first kappa shape index (κ1) is 13.7. The molecule has 0 fully saturated rings. The molecule has 0 radical (unpaired) electrons. The standard InChI is InChI=1S/C10H11ClN2O3S/c1-17(15,16)9-5-3-2-4-7(9)10(11)8(14)6-13-12/h2-6,10H,12H2,1H3. The summed E-state index contributed by atoms with van der Waals surface area (Å²) in [6, 6.07) is 6.04. The highest BCUT2D eigenvalue weighted by molar-refractivity contribution is 7.90. The van der Waals surface area contributed by atoms with Gasteiger partial charge in [-0.1, -0.05) is 18.2 Å². The highest BCUT2D eigenvalue weighted by Crippen LogP contribution is 2.27. The number of sulfone groups is 1. The maximum Gasteiger partial charge on any atom is 0.197 e. The van der Waals surface area contributed by atoms with Gasteiger partial charge in [-0.15, -0.1) is 11.6 Å². The summed E-state index contributed by atoms with van der Waals surface area (Å²) in [5.74, 6) is 4.28. The first-order chi connectivity index (χ1) is 7.88. The smallest absolute Gasteiger partial charge is 0.197 e. The Bertz CT molecular complexity index is 554. The maximum absolute atomic E-state index is 11.5. The SMILES string of the molecule is CS(=O)(=O)c1ccccc1C(Cl)C(=O)C=NN. The van der Waals surface area contributed by atoms with Crippen LogP contribution >= 0.6 is 11.6 Å². The molecule has 17 heavy (non-hydrogen) atoms. The summed E-state index contributed by atoms with van der Waals surface area (Å²) in [4.78, 5) is 11.5. The Morgan fingerprint density at radius 2 is 2.06 bits per heavy atom. The quantitative estimate of drug-likeness (QED) is 0.382. The van der Waals surface area contributed by atoms with Gasteiger partial charge < -0.3 is 5.84 Å². The van der Waals surface area contributed by atoms with E-state index in [2.05, 4.69) is 5.10 Å². The number of benzene rings is 1. The molecular formula is C10H11ClN2O3S. The molecule has 92 valence electrons. The van der Waals surface area contributed by atoms with E-state index in [0.717, 1.165) is 12.5 Å². The maximum atomic E-state index is 11.5. The number of ketones is 1. The van der Waals surface area contributed by atoms with E-state index >= 15 is 0 Å². The van der Waals surface area contributed by atoms with E-state index < -0.39 is 21.0 Å². The molecule has 5 nitrogen and oxygen atoms in total. The second-order valence-corrected chi connectivity index (χ2v) is 5.77. The highest BCUT2D eigenvalue weighted by atomic mass is 35.5. The summed E-state index contributed by atoms with van der Waals surface area (Å²) in [6.07, 6.45) is 1.91. The third-order valence-electron chi connectivity index (χ3n) is 2.04. The second-order valence-electron chi connectivity index (χ2n) is 3.35. The van der Waals surface area contributed by atoms with Crippen LogP contribution in [0.5, 0.6) is 0 Å². The lowest BCUT2D eigenvalue weighted by Gasteiger charge is -2.10. The van der Waals surface area contributed by atoms with Gasteiger partial charge in [-0.2, -0.15) is 5.10 Å². The van der Waals surface area contributed by atoms with Crippen LogP contribution < -0.4 is 5.84 Å². The molecule has 0 amide bonds. The topological polar surface area (TPSA) is 89.6 Å². The van der Waals surface area contributed by atoms with Crippen molar-refractivity contribution in [3.63, 3.8) is 0 Å². The van der Waals surface area contributed by atoms with Gasteiger partial charge in [-0.05, 0) is 11.6 Å². The van der Waals surface area contributed by atoms with Crippen molar-refractivity contribution in [2.24, 2.45) is 10.9 Å². The highest BCUT2D eigenvalue weighted by Gasteiger charge is 2.23. The van der Waals surface area contributed by atoms with Gasteiger partial charge in [-0.25, -0.2) is 8.42 Å². The summed E-state index contributed by atoms with van der Waals surface area (Å²) in [6.45, 7) is 0. The Kier molecular flexibility index (Phi) is 4.25. The lowest BCUT2D eigenvalue weighted by Crippen LogP contribution is -2.13. The molecule has 0 saturated heterocycles. The molecule has 0 saturated carbocycles. The summed E-state index contributed by atoms with van der Waals surface area (Å²) in [5.41, 5.74) is 0.224. The molecule has 0 aliphatic rings. The minimum Gasteiger partial charge on any atom is -0.323 e. The zero-order valence-electron chi connectivity index (χ0n) is 9.00. The number of Topliss-reactive ketones (excluding diaryl/α,β-unsaturated/α-hetero) is 1. The van der Waals surface area contributed by atoms with Gasteiger partial charge >= 0.3 is 0 Å². The number of nitrogens with two attached hydrogens (primary N) is 1. The van der Waals surface area contributed by atoms with Crippen molar-refractivity contribution in [3.05, 3.63) is 29.8 Å². The largest absolute Gasteiger partial charge is 0.323 e. The molecule has 1 aromatic carbocycles. The summed E-state index contributed by atoms with van der Waals surface area (Å²) >= 11 is 5.89. The van der Waals surface area contributed by atoms with E-state index in [1.807, 2.05) is 0 Å². The van der Waals surface area contributed by atoms with Crippen molar-refractivity contribution >= 4 is 33.4 Å². The third kappa shape index (κ3) is 3.28. The number of carbonyl (C=O) groups is 1. The van der Waals surface area contributed by atoms with Crippen LogP contribution in [0.4, 0.5) is 0 Å². The van der Waals surface area contributed by atoms with Crippen LogP contribution in [-0.4, -0.2) is 26.7 Å². The number of carbonyl (C=O) groups excluding carboxylic acids is 1. The second kappa shape index (κ2) is 5.29. The third-order valence-corrected chi connectivity index (χ3v) is 3.66. The van der Waals surface area contributed by atoms with Crippen LogP contribution in [0.25, 0.3) is 0 Å². The average molecular weight is 275 g/mol. The molecule has 0 aliphatic heterocycles. The molecule has 0 aliphatic carbocycles. The normalized spacial score (nSPS) is 13.8. The molecule has 7 heteroatoms. The molecule has 0 heterocycles. The summed E-state index contributed by atoms with van der Waals surface area (Å²) in [7, 11) is -3.44. The Labute approximate surface area is 104 Å². The number of hydrazone groups is 1. The minimum atomic E-state index is -3.44. The van der Waals surface area contributed by atoms with Gasteiger partial charge in [0.25, 0.3) is 0 Å². The van der Waals surface area contributed by atoms with Crippen molar-refractivity contribution in [1.82, 2.24) is 0 Å². The molecule has 0 spiro atoms. The molecule has 2 N–H and O–H groups in total. The predicted octanol–water partition coefficient (Wildman–Crippen LogP) is 0.884. The van der Waals surface area contributed by atoms with Gasteiger partial charge in [0.15, 0.2) is 15.6 Å². The lowest BCUT2D eigenvalue weighted by molar-refractivity contribution is -0.112. The number of alkyl halides is 1. The summed E-state index contributed by atoms with van der Waals surface area (Å²) < 4.78 is 23.0. The molecule has 0 bridgehead atoms. The summed E-state index contributed by atoms with van der Waals surface area (Å²) in [5, 5.41) is 1.95. The van der Waals surface area contributed by atoms with Crippen LogP contribution in [0.2, 0.25) is 0 Å². The number of rotatable bonds is 4.